The molecule has 0 amide bonds. The molecule has 124 valence electrons. The van der Waals surface area contributed by atoms with E-state index in [1.807, 2.05) is 42.5 Å². The summed E-state index contributed by atoms with van der Waals surface area (Å²) in [5.41, 5.74) is 8.73. The average molecular weight is 342 g/mol. The van der Waals surface area contributed by atoms with Gasteiger partial charge < -0.3 is 19.9 Å². The van der Waals surface area contributed by atoms with E-state index in [0.29, 0.717) is 22.4 Å². The molecule has 2 N–H and O–H groups in total. The molecule has 0 atom stereocenters. The minimum absolute atomic E-state index is 0.512. The van der Waals surface area contributed by atoms with Crippen LogP contribution in [-0.4, -0.2) is 26.3 Å². The Morgan fingerprint density at radius 2 is 1.50 bits per heavy atom. The van der Waals surface area contributed by atoms with Crippen LogP contribution in [0.3, 0.4) is 0 Å². The Labute approximate surface area is 144 Å². The summed E-state index contributed by atoms with van der Waals surface area (Å²) in [5.74, 6) is 1.75. The quantitative estimate of drug-likeness (QED) is 0.756. The van der Waals surface area contributed by atoms with Crippen LogP contribution < -0.4 is 19.9 Å². The van der Waals surface area contributed by atoms with Crippen LogP contribution in [0.1, 0.15) is 0 Å². The van der Waals surface area contributed by atoms with Gasteiger partial charge in [-0.1, -0.05) is 41.7 Å². The zero-order valence-electron chi connectivity index (χ0n) is 13.7. The van der Waals surface area contributed by atoms with E-state index in [9.17, 15) is 0 Å². The van der Waals surface area contributed by atoms with Crippen molar-refractivity contribution in [1.29, 1.82) is 0 Å². The van der Waals surface area contributed by atoms with E-state index in [4.69, 9.17) is 19.9 Å². The molecular weight excluding hydrogens is 324 g/mol. The topological polar surface area (TPSA) is 66.6 Å². The number of thiazole rings is 1. The minimum Gasteiger partial charge on any atom is -0.493 e. The zero-order valence-corrected chi connectivity index (χ0v) is 14.5. The van der Waals surface area contributed by atoms with Crippen molar-refractivity contribution in [2.75, 3.05) is 27.1 Å². The van der Waals surface area contributed by atoms with Crippen molar-refractivity contribution in [3.63, 3.8) is 0 Å². The Morgan fingerprint density at radius 3 is 2.04 bits per heavy atom. The van der Waals surface area contributed by atoms with Crippen LogP contribution in [0, 0.1) is 0 Å². The first-order valence-corrected chi connectivity index (χ1v) is 8.11. The number of aromatic nitrogens is 1. The maximum Gasteiger partial charge on any atom is 0.203 e. The van der Waals surface area contributed by atoms with E-state index in [-0.39, 0.29) is 0 Å². The summed E-state index contributed by atoms with van der Waals surface area (Å²) in [7, 11) is 4.78. The molecule has 3 aromatic rings. The van der Waals surface area contributed by atoms with Crippen LogP contribution in [0.4, 0.5) is 5.13 Å². The predicted molar refractivity (Wildman–Crippen MR) is 97.1 cm³/mol. The summed E-state index contributed by atoms with van der Waals surface area (Å²) >= 11 is 1.43. The number of anilines is 1. The Bertz CT molecular complexity index is 822. The molecule has 0 spiro atoms. The van der Waals surface area contributed by atoms with E-state index in [0.717, 1.165) is 21.7 Å². The highest BCUT2D eigenvalue weighted by atomic mass is 32.1. The lowest BCUT2D eigenvalue weighted by atomic mass is 10.1. The molecule has 0 radical (unpaired) electrons. The number of benzene rings is 2. The van der Waals surface area contributed by atoms with Crippen LogP contribution in [0.15, 0.2) is 42.5 Å². The van der Waals surface area contributed by atoms with E-state index < -0.39 is 0 Å². The molecule has 0 fully saturated rings. The summed E-state index contributed by atoms with van der Waals surface area (Å²) in [5, 5.41) is 0.512. The van der Waals surface area contributed by atoms with Gasteiger partial charge in [0, 0.05) is 11.1 Å². The van der Waals surface area contributed by atoms with Gasteiger partial charge in [0.25, 0.3) is 0 Å². The number of methoxy groups -OCH3 is 3. The van der Waals surface area contributed by atoms with E-state index in [1.54, 1.807) is 21.3 Å². The summed E-state index contributed by atoms with van der Waals surface area (Å²) < 4.78 is 16.3. The van der Waals surface area contributed by atoms with Crippen molar-refractivity contribution in [3.05, 3.63) is 42.5 Å². The standard InChI is InChI=1S/C18H18N2O3S/c1-21-13-9-12(10-14(22-2)16(13)23-3)17-15(20-18(19)24-17)11-7-5-4-6-8-11/h4-10H,1-3H3,(H2,19,20). The second-order valence-electron chi connectivity index (χ2n) is 5.01. The molecule has 0 aliphatic rings. The zero-order chi connectivity index (χ0) is 17.1. The van der Waals surface area contributed by atoms with Gasteiger partial charge in [-0.2, -0.15) is 0 Å². The summed E-state index contributed by atoms with van der Waals surface area (Å²) in [6.45, 7) is 0. The molecule has 0 bridgehead atoms. The van der Waals surface area contributed by atoms with Crippen molar-refractivity contribution in [2.45, 2.75) is 0 Å². The second-order valence-corrected chi connectivity index (χ2v) is 6.04. The third kappa shape index (κ3) is 2.88. The van der Waals surface area contributed by atoms with Crippen LogP contribution >= 0.6 is 11.3 Å². The van der Waals surface area contributed by atoms with Crippen molar-refractivity contribution >= 4 is 16.5 Å². The smallest absolute Gasteiger partial charge is 0.203 e. The molecule has 2 aromatic carbocycles. The molecule has 0 aliphatic carbocycles. The molecule has 5 nitrogen and oxygen atoms in total. The lowest BCUT2D eigenvalue weighted by Gasteiger charge is -2.14. The number of rotatable bonds is 5. The van der Waals surface area contributed by atoms with Crippen LogP contribution in [-0.2, 0) is 0 Å². The molecule has 24 heavy (non-hydrogen) atoms. The van der Waals surface area contributed by atoms with Gasteiger partial charge in [0.05, 0.1) is 31.9 Å². The summed E-state index contributed by atoms with van der Waals surface area (Å²) in [6.07, 6.45) is 0. The van der Waals surface area contributed by atoms with Gasteiger partial charge in [-0.3, -0.25) is 0 Å². The normalized spacial score (nSPS) is 10.5. The van der Waals surface area contributed by atoms with Gasteiger partial charge in [0.1, 0.15) is 0 Å². The lowest BCUT2D eigenvalue weighted by Crippen LogP contribution is -1.95. The third-order valence-corrected chi connectivity index (χ3v) is 4.55. The monoisotopic (exact) mass is 342 g/mol. The molecular formula is C18H18N2O3S. The maximum atomic E-state index is 5.97. The Kier molecular flexibility index (Phi) is 4.57. The van der Waals surface area contributed by atoms with E-state index in [1.165, 1.54) is 11.3 Å². The van der Waals surface area contributed by atoms with Gasteiger partial charge in [-0.15, -0.1) is 0 Å². The Hall–Kier alpha value is -2.73. The predicted octanol–water partition coefficient (Wildman–Crippen LogP) is 4.09. The molecule has 3 rings (SSSR count). The first-order chi connectivity index (χ1) is 11.7. The summed E-state index contributed by atoms with van der Waals surface area (Å²) in [6, 6.07) is 13.7. The average Bonchev–Trinajstić information content (AvgIpc) is 3.03. The highest BCUT2D eigenvalue weighted by molar-refractivity contribution is 7.19. The molecule has 1 heterocycles. The van der Waals surface area contributed by atoms with Gasteiger partial charge in [0.2, 0.25) is 5.75 Å². The van der Waals surface area contributed by atoms with Gasteiger partial charge in [-0.05, 0) is 12.1 Å². The van der Waals surface area contributed by atoms with Crippen molar-refractivity contribution in [1.82, 2.24) is 4.98 Å². The first-order valence-electron chi connectivity index (χ1n) is 7.30. The number of hydrogen-bond donors (Lipinski definition) is 1. The number of ether oxygens (including phenoxy) is 3. The van der Waals surface area contributed by atoms with Gasteiger partial charge in [0.15, 0.2) is 16.6 Å². The highest BCUT2D eigenvalue weighted by Crippen LogP contribution is 2.45. The number of nitrogens with zero attached hydrogens (tertiary/aromatic N) is 1. The molecule has 0 saturated heterocycles. The first kappa shape index (κ1) is 16.1. The number of hydrogen-bond acceptors (Lipinski definition) is 6. The van der Waals surface area contributed by atoms with Crippen molar-refractivity contribution < 1.29 is 14.2 Å². The molecule has 1 aromatic heterocycles. The van der Waals surface area contributed by atoms with Crippen LogP contribution in [0.5, 0.6) is 17.2 Å². The van der Waals surface area contributed by atoms with Crippen molar-refractivity contribution in [2.24, 2.45) is 0 Å². The lowest BCUT2D eigenvalue weighted by molar-refractivity contribution is 0.324. The molecule has 0 saturated carbocycles. The van der Waals surface area contributed by atoms with Gasteiger partial charge in [-0.25, -0.2) is 4.98 Å². The van der Waals surface area contributed by atoms with Crippen LogP contribution in [0.2, 0.25) is 0 Å². The largest absolute Gasteiger partial charge is 0.493 e. The number of nitrogen functional groups attached to an aromatic ring is 1. The fourth-order valence-electron chi connectivity index (χ4n) is 2.54. The SMILES string of the molecule is COc1cc(-c2sc(N)nc2-c2ccccc2)cc(OC)c1OC. The maximum absolute atomic E-state index is 5.97. The third-order valence-electron chi connectivity index (χ3n) is 3.62. The molecule has 0 unspecified atom stereocenters. The fourth-order valence-corrected chi connectivity index (χ4v) is 3.38. The number of nitrogens with two attached hydrogens (primary N) is 1. The second kappa shape index (κ2) is 6.80. The molecule has 0 aliphatic heterocycles. The fraction of sp³-hybridized carbons (Fsp3) is 0.167. The van der Waals surface area contributed by atoms with E-state index in [2.05, 4.69) is 4.98 Å². The Morgan fingerprint density at radius 1 is 0.875 bits per heavy atom. The summed E-state index contributed by atoms with van der Waals surface area (Å²) in [4.78, 5) is 5.45. The minimum atomic E-state index is 0.512. The van der Waals surface area contributed by atoms with E-state index >= 15 is 0 Å². The Balaban J connectivity index is 2.20. The van der Waals surface area contributed by atoms with Gasteiger partial charge >= 0.3 is 0 Å². The molecule has 6 heteroatoms. The van der Waals surface area contributed by atoms with Crippen molar-refractivity contribution in [3.8, 4) is 38.9 Å². The highest BCUT2D eigenvalue weighted by Gasteiger charge is 2.19. The van der Waals surface area contributed by atoms with Crippen LogP contribution in [0.25, 0.3) is 21.7 Å².